The summed E-state index contributed by atoms with van der Waals surface area (Å²) in [5, 5.41) is 10.2. The largest absolute Gasteiger partial charge is 0.388 e. The van der Waals surface area contributed by atoms with Crippen LogP contribution in [0.1, 0.15) is 54.9 Å². The SMILES string of the molecule is Cc1ccc(C(O)CCCC2CCCO2)cc1C. The van der Waals surface area contributed by atoms with Gasteiger partial charge in [-0.15, -0.1) is 0 Å². The molecule has 0 amide bonds. The lowest BCUT2D eigenvalue weighted by Gasteiger charge is -2.14. The summed E-state index contributed by atoms with van der Waals surface area (Å²) in [6.07, 6.45) is 5.47. The molecule has 18 heavy (non-hydrogen) atoms. The number of aryl methyl sites for hydroxylation is 2. The zero-order valence-corrected chi connectivity index (χ0v) is 11.5. The second-order valence-electron chi connectivity index (χ2n) is 5.43. The van der Waals surface area contributed by atoms with Crippen molar-refractivity contribution in [2.45, 2.75) is 58.2 Å². The summed E-state index contributed by atoms with van der Waals surface area (Å²) in [7, 11) is 0. The minimum absolute atomic E-state index is 0.328. The summed E-state index contributed by atoms with van der Waals surface area (Å²) in [5.41, 5.74) is 3.58. The highest BCUT2D eigenvalue weighted by molar-refractivity contribution is 5.31. The number of aliphatic hydroxyl groups is 1. The number of benzene rings is 1. The normalized spacial score (nSPS) is 21.2. The Bertz CT molecular complexity index is 381. The van der Waals surface area contributed by atoms with E-state index in [1.54, 1.807) is 0 Å². The van der Waals surface area contributed by atoms with Crippen LogP contribution < -0.4 is 0 Å². The molecule has 0 bridgehead atoms. The summed E-state index contributed by atoms with van der Waals surface area (Å²) in [5.74, 6) is 0. The van der Waals surface area contributed by atoms with Gasteiger partial charge in [0.25, 0.3) is 0 Å². The van der Waals surface area contributed by atoms with Crippen molar-refractivity contribution in [1.29, 1.82) is 0 Å². The average molecular weight is 248 g/mol. The lowest BCUT2D eigenvalue weighted by Crippen LogP contribution is -2.06. The molecule has 2 atom stereocenters. The molecule has 0 radical (unpaired) electrons. The van der Waals surface area contributed by atoms with Gasteiger partial charge < -0.3 is 9.84 Å². The molecule has 1 aromatic rings. The molecular formula is C16H24O2. The van der Waals surface area contributed by atoms with Gasteiger partial charge in [0.05, 0.1) is 12.2 Å². The van der Waals surface area contributed by atoms with Crippen molar-refractivity contribution in [3.63, 3.8) is 0 Å². The van der Waals surface area contributed by atoms with Crippen LogP contribution in [0.5, 0.6) is 0 Å². The van der Waals surface area contributed by atoms with Crippen LogP contribution in [-0.2, 0) is 4.74 Å². The van der Waals surface area contributed by atoms with Gasteiger partial charge >= 0.3 is 0 Å². The Hall–Kier alpha value is -0.860. The third kappa shape index (κ3) is 3.56. The van der Waals surface area contributed by atoms with Gasteiger partial charge in [-0.3, -0.25) is 0 Å². The Balaban J connectivity index is 1.79. The highest BCUT2D eigenvalue weighted by Gasteiger charge is 2.16. The van der Waals surface area contributed by atoms with E-state index in [0.717, 1.165) is 31.4 Å². The summed E-state index contributed by atoms with van der Waals surface area (Å²) >= 11 is 0. The van der Waals surface area contributed by atoms with Crippen LogP contribution in [0.25, 0.3) is 0 Å². The summed E-state index contributed by atoms with van der Waals surface area (Å²) < 4.78 is 5.59. The van der Waals surface area contributed by atoms with E-state index < -0.39 is 0 Å². The molecule has 1 N–H and O–H groups in total. The first-order chi connectivity index (χ1) is 8.66. The minimum atomic E-state index is -0.328. The van der Waals surface area contributed by atoms with Gasteiger partial charge in [0.15, 0.2) is 0 Å². The number of ether oxygens (including phenoxy) is 1. The standard InChI is InChI=1S/C16H24O2/c1-12-8-9-14(11-13(12)2)16(17)7-3-5-15-6-4-10-18-15/h8-9,11,15-17H,3-7,10H2,1-2H3. The third-order valence-electron chi connectivity index (χ3n) is 3.94. The molecule has 2 heteroatoms. The van der Waals surface area contributed by atoms with E-state index in [4.69, 9.17) is 4.74 Å². The molecule has 1 heterocycles. The van der Waals surface area contributed by atoms with Crippen LogP contribution in [0.3, 0.4) is 0 Å². The Morgan fingerprint density at radius 3 is 2.83 bits per heavy atom. The highest BCUT2D eigenvalue weighted by atomic mass is 16.5. The Labute approximate surface area is 110 Å². The second-order valence-corrected chi connectivity index (χ2v) is 5.43. The van der Waals surface area contributed by atoms with Crippen molar-refractivity contribution in [1.82, 2.24) is 0 Å². The molecule has 1 aliphatic heterocycles. The van der Waals surface area contributed by atoms with Gasteiger partial charge in [-0.05, 0) is 62.6 Å². The van der Waals surface area contributed by atoms with Crippen LogP contribution in [0.15, 0.2) is 18.2 Å². The summed E-state index contributed by atoms with van der Waals surface area (Å²) in [4.78, 5) is 0. The smallest absolute Gasteiger partial charge is 0.0790 e. The lowest BCUT2D eigenvalue weighted by atomic mass is 9.98. The molecule has 0 aliphatic carbocycles. The monoisotopic (exact) mass is 248 g/mol. The highest BCUT2D eigenvalue weighted by Crippen LogP contribution is 2.24. The Morgan fingerprint density at radius 2 is 2.17 bits per heavy atom. The van der Waals surface area contributed by atoms with Crippen LogP contribution in [0.4, 0.5) is 0 Å². The molecule has 0 spiro atoms. The van der Waals surface area contributed by atoms with Gasteiger partial charge in [0.1, 0.15) is 0 Å². The van der Waals surface area contributed by atoms with E-state index in [0.29, 0.717) is 6.10 Å². The molecule has 2 rings (SSSR count). The first-order valence-electron chi connectivity index (χ1n) is 7.03. The molecule has 2 nitrogen and oxygen atoms in total. The fourth-order valence-electron chi connectivity index (χ4n) is 2.55. The molecule has 1 saturated heterocycles. The minimum Gasteiger partial charge on any atom is -0.388 e. The van der Waals surface area contributed by atoms with E-state index in [9.17, 15) is 5.11 Å². The van der Waals surface area contributed by atoms with Crippen molar-refractivity contribution < 1.29 is 9.84 Å². The summed E-state index contributed by atoms with van der Waals surface area (Å²) in [6, 6.07) is 6.24. The quantitative estimate of drug-likeness (QED) is 0.861. The first kappa shape index (κ1) is 13.6. The third-order valence-corrected chi connectivity index (χ3v) is 3.94. The molecule has 2 unspecified atom stereocenters. The maximum atomic E-state index is 10.2. The van der Waals surface area contributed by atoms with Crippen molar-refractivity contribution in [2.75, 3.05) is 6.61 Å². The van der Waals surface area contributed by atoms with Crippen LogP contribution in [-0.4, -0.2) is 17.8 Å². The zero-order chi connectivity index (χ0) is 13.0. The number of aliphatic hydroxyl groups excluding tert-OH is 1. The van der Waals surface area contributed by atoms with E-state index in [1.165, 1.54) is 24.0 Å². The van der Waals surface area contributed by atoms with E-state index in [-0.39, 0.29) is 6.10 Å². The molecule has 1 aromatic carbocycles. The zero-order valence-electron chi connectivity index (χ0n) is 11.5. The Kier molecular flexibility index (Phi) is 4.79. The maximum absolute atomic E-state index is 10.2. The number of hydrogen-bond acceptors (Lipinski definition) is 2. The predicted molar refractivity (Wildman–Crippen MR) is 73.7 cm³/mol. The van der Waals surface area contributed by atoms with Gasteiger partial charge in [-0.2, -0.15) is 0 Å². The van der Waals surface area contributed by atoms with Crippen molar-refractivity contribution in [3.8, 4) is 0 Å². The van der Waals surface area contributed by atoms with Crippen LogP contribution in [0.2, 0.25) is 0 Å². The fraction of sp³-hybridized carbons (Fsp3) is 0.625. The molecule has 1 aliphatic rings. The number of hydrogen-bond donors (Lipinski definition) is 1. The summed E-state index contributed by atoms with van der Waals surface area (Å²) in [6.45, 7) is 5.12. The maximum Gasteiger partial charge on any atom is 0.0790 e. The van der Waals surface area contributed by atoms with Gasteiger partial charge in [0.2, 0.25) is 0 Å². The topological polar surface area (TPSA) is 29.5 Å². The fourth-order valence-corrected chi connectivity index (χ4v) is 2.55. The van der Waals surface area contributed by atoms with Crippen LogP contribution in [0, 0.1) is 13.8 Å². The first-order valence-corrected chi connectivity index (χ1v) is 7.03. The van der Waals surface area contributed by atoms with Crippen molar-refractivity contribution in [2.24, 2.45) is 0 Å². The van der Waals surface area contributed by atoms with Gasteiger partial charge in [-0.25, -0.2) is 0 Å². The van der Waals surface area contributed by atoms with Gasteiger partial charge in [-0.1, -0.05) is 18.2 Å². The Morgan fingerprint density at radius 1 is 1.33 bits per heavy atom. The number of rotatable bonds is 5. The van der Waals surface area contributed by atoms with E-state index in [1.807, 2.05) is 6.07 Å². The predicted octanol–water partition coefficient (Wildman–Crippen LogP) is 3.69. The molecule has 1 fully saturated rings. The molecule has 100 valence electrons. The lowest BCUT2D eigenvalue weighted by molar-refractivity contribution is 0.0944. The second kappa shape index (κ2) is 6.35. The average Bonchev–Trinajstić information content (AvgIpc) is 2.85. The van der Waals surface area contributed by atoms with Crippen LogP contribution >= 0.6 is 0 Å². The molecule has 0 aromatic heterocycles. The van der Waals surface area contributed by atoms with Crippen molar-refractivity contribution in [3.05, 3.63) is 34.9 Å². The molecule has 0 saturated carbocycles. The van der Waals surface area contributed by atoms with Gasteiger partial charge in [0, 0.05) is 6.61 Å². The molecular weight excluding hydrogens is 224 g/mol. The van der Waals surface area contributed by atoms with Crippen molar-refractivity contribution >= 4 is 0 Å². The van der Waals surface area contributed by atoms with E-state index in [2.05, 4.69) is 26.0 Å². The van der Waals surface area contributed by atoms with E-state index >= 15 is 0 Å².